The molecule has 2 aliphatic rings. The van der Waals surface area contributed by atoms with Crippen LogP contribution < -0.4 is 0 Å². The number of carbonyl (C=O) groups excluding carboxylic acids is 3. The Labute approximate surface area is 249 Å². The van der Waals surface area contributed by atoms with Crippen LogP contribution in [0.25, 0.3) is 10.9 Å². The largest absolute Gasteiger partial charge is 0.416 e. The lowest BCUT2D eigenvalue weighted by atomic mass is 9.98. The number of nitrogens with zero attached hydrogens (tertiary/aromatic N) is 3. The zero-order chi connectivity index (χ0) is 30.2. The van der Waals surface area contributed by atoms with Crippen molar-refractivity contribution in [2.45, 2.75) is 37.7 Å². The van der Waals surface area contributed by atoms with E-state index in [1.807, 2.05) is 29.2 Å². The van der Waals surface area contributed by atoms with Crippen molar-refractivity contribution >= 4 is 40.9 Å². The normalized spacial score (nSPS) is 18.6. The SMILES string of the molecule is Cl.O=C1CCN(C(=O)CN2CCN(C(=O)c3cc(C(F)(F)F)cc(C(F)(F)F)c3)C(Cc3c[nH]c4ccccc34)C2)CC1. The summed E-state index contributed by atoms with van der Waals surface area (Å²) in [5.41, 5.74) is -2.17. The second-order valence-corrected chi connectivity index (χ2v) is 10.7. The lowest BCUT2D eigenvalue weighted by molar-refractivity contribution is -0.143. The first-order valence-electron chi connectivity index (χ1n) is 13.5. The van der Waals surface area contributed by atoms with Crippen LogP contribution in [0.1, 0.15) is 39.9 Å². The Morgan fingerprint density at radius 3 is 2.14 bits per heavy atom. The maximum absolute atomic E-state index is 13.6. The van der Waals surface area contributed by atoms with Gasteiger partial charge in [0, 0.05) is 74.3 Å². The highest BCUT2D eigenvalue weighted by Gasteiger charge is 2.39. The molecule has 43 heavy (non-hydrogen) atoms. The smallest absolute Gasteiger partial charge is 0.361 e. The van der Waals surface area contributed by atoms with Gasteiger partial charge in [0.2, 0.25) is 5.91 Å². The van der Waals surface area contributed by atoms with Crippen molar-refractivity contribution < 1.29 is 40.7 Å². The third kappa shape index (κ3) is 7.32. The number of hydrogen-bond donors (Lipinski definition) is 1. The number of rotatable bonds is 5. The summed E-state index contributed by atoms with van der Waals surface area (Å²) in [4.78, 5) is 46.0. The molecule has 3 aromatic rings. The number of benzene rings is 2. The number of aromatic nitrogens is 1. The Morgan fingerprint density at radius 2 is 1.51 bits per heavy atom. The van der Waals surface area contributed by atoms with Gasteiger partial charge in [-0.3, -0.25) is 19.3 Å². The third-order valence-corrected chi connectivity index (χ3v) is 7.83. The fourth-order valence-electron chi connectivity index (χ4n) is 5.60. The molecule has 0 spiro atoms. The average Bonchev–Trinajstić information content (AvgIpc) is 3.34. The number of ketones is 1. The van der Waals surface area contributed by atoms with Gasteiger partial charge >= 0.3 is 12.4 Å². The van der Waals surface area contributed by atoms with Gasteiger partial charge in [0.1, 0.15) is 5.78 Å². The summed E-state index contributed by atoms with van der Waals surface area (Å²) in [5, 5.41) is 0.870. The Balaban J connectivity index is 0.00000423. The van der Waals surface area contributed by atoms with Crippen LogP contribution in [0.3, 0.4) is 0 Å². The van der Waals surface area contributed by atoms with E-state index in [9.17, 15) is 40.7 Å². The van der Waals surface area contributed by atoms with E-state index in [4.69, 9.17) is 0 Å². The van der Waals surface area contributed by atoms with Crippen LogP contribution in [-0.4, -0.2) is 82.6 Å². The van der Waals surface area contributed by atoms with Crippen molar-refractivity contribution in [2.75, 3.05) is 39.3 Å². The first-order chi connectivity index (χ1) is 19.8. The molecular weight excluding hydrogens is 602 g/mol. The highest BCUT2D eigenvalue weighted by atomic mass is 35.5. The standard InChI is InChI=1S/C29H28F6N4O3.ClH/c30-28(31,32)20-11-18(12-21(14-20)29(33,34)35)27(42)39-10-9-37(17-26(41)38-7-5-23(40)6-8-38)16-22(39)13-19-15-36-25-4-2-1-3-24(19)25;/h1-4,11-12,14-15,22,36H,5-10,13,16-17H2;1H. The Morgan fingerprint density at radius 1 is 0.884 bits per heavy atom. The van der Waals surface area contributed by atoms with Gasteiger partial charge in [-0.1, -0.05) is 18.2 Å². The lowest BCUT2D eigenvalue weighted by Crippen LogP contribution is -2.57. The van der Waals surface area contributed by atoms with Crippen molar-refractivity contribution in [3.05, 3.63) is 70.9 Å². The summed E-state index contributed by atoms with van der Waals surface area (Å²) >= 11 is 0. The molecule has 232 valence electrons. The molecule has 0 radical (unpaired) electrons. The molecule has 2 fully saturated rings. The van der Waals surface area contributed by atoms with Crippen LogP contribution in [0.15, 0.2) is 48.7 Å². The van der Waals surface area contributed by atoms with Crippen molar-refractivity contribution in [3.63, 3.8) is 0 Å². The Hall–Kier alpha value is -3.58. The number of piperazine rings is 1. The predicted octanol–water partition coefficient (Wildman–Crippen LogP) is 5.19. The van der Waals surface area contributed by atoms with E-state index in [2.05, 4.69) is 4.98 Å². The number of likely N-dealkylation sites (tertiary alicyclic amines) is 1. The topological polar surface area (TPSA) is 76.7 Å². The molecule has 1 aromatic heterocycles. The quantitative estimate of drug-likeness (QED) is 0.394. The first-order valence-corrected chi connectivity index (χ1v) is 13.5. The van der Waals surface area contributed by atoms with Crippen LogP contribution in [0.4, 0.5) is 26.3 Å². The highest BCUT2D eigenvalue weighted by molar-refractivity contribution is 5.95. The second kappa shape index (κ2) is 12.6. The maximum atomic E-state index is 13.6. The molecule has 1 unspecified atom stereocenters. The molecule has 1 atom stereocenters. The molecule has 3 heterocycles. The molecule has 0 bridgehead atoms. The number of carbonyl (C=O) groups is 3. The van der Waals surface area contributed by atoms with Crippen LogP contribution in [-0.2, 0) is 28.4 Å². The lowest BCUT2D eigenvalue weighted by Gasteiger charge is -2.42. The molecule has 1 N–H and O–H groups in total. The van der Waals surface area contributed by atoms with Crippen LogP contribution >= 0.6 is 12.4 Å². The van der Waals surface area contributed by atoms with Crippen molar-refractivity contribution in [1.29, 1.82) is 0 Å². The fraction of sp³-hybridized carbons (Fsp3) is 0.414. The van der Waals surface area contributed by atoms with E-state index in [-0.39, 0.29) is 75.6 Å². The second-order valence-electron chi connectivity index (χ2n) is 10.7. The minimum Gasteiger partial charge on any atom is -0.361 e. The molecule has 14 heteroatoms. The van der Waals surface area contributed by atoms with Gasteiger partial charge < -0.3 is 14.8 Å². The highest BCUT2D eigenvalue weighted by Crippen LogP contribution is 2.37. The number of hydrogen-bond acceptors (Lipinski definition) is 4. The van der Waals surface area contributed by atoms with Crippen molar-refractivity contribution in [2.24, 2.45) is 0 Å². The summed E-state index contributed by atoms with van der Waals surface area (Å²) < 4.78 is 81.1. The van der Waals surface area contributed by atoms with Gasteiger partial charge in [0.15, 0.2) is 0 Å². The number of amides is 2. The Kier molecular flexibility index (Phi) is 9.45. The molecular formula is C29H29ClF6N4O3. The summed E-state index contributed by atoms with van der Waals surface area (Å²) in [6.45, 7) is 1.03. The summed E-state index contributed by atoms with van der Waals surface area (Å²) in [6, 6.07) is 7.66. The number of piperidine rings is 1. The minimum atomic E-state index is -5.09. The van der Waals surface area contributed by atoms with E-state index < -0.39 is 41.0 Å². The van der Waals surface area contributed by atoms with E-state index >= 15 is 0 Å². The first kappa shape index (κ1) is 32.3. The number of H-pyrrole nitrogens is 1. The molecule has 7 nitrogen and oxygen atoms in total. The molecule has 0 aliphatic carbocycles. The zero-order valence-corrected chi connectivity index (χ0v) is 23.6. The molecule has 0 saturated carbocycles. The fourth-order valence-corrected chi connectivity index (χ4v) is 5.60. The van der Waals surface area contributed by atoms with Gasteiger partial charge in [-0.05, 0) is 36.2 Å². The van der Waals surface area contributed by atoms with Crippen LogP contribution in [0.5, 0.6) is 0 Å². The van der Waals surface area contributed by atoms with E-state index in [1.165, 1.54) is 4.90 Å². The number of halogens is 7. The molecule has 2 amide bonds. The minimum absolute atomic E-state index is 0. The molecule has 2 aromatic carbocycles. The van der Waals surface area contributed by atoms with Gasteiger partial charge in [-0.25, -0.2) is 0 Å². The molecule has 5 rings (SSSR count). The van der Waals surface area contributed by atoms with Gasteiger partial charge in [0.05, 0.1) is 17.7 Å². The number of nitrogens with one attached hydrogen (secondary N) is 1. The van der Waals surface area contributed by atoms with Gasteiger partial charge in [-0.2, -0.15) is 26.3 Å². The van der Waals surface area contributed by atoms with Gasteiger partial charge in [0.25, 0.3) is 5.91 Å². The molecule has 2 aliphatic heterocycles. The monoisotopic (exact) mass is 630 g/mol. The number of para-hydroxylation sites is 1. The van der Waals surface area contributed by atoms with Crippen molar-refractivity contribution in [1.82, 2.24) is 19.7 Å². The third-order valence-electron chi connectivity index (χ3n) is 7.83. The molecule has 2 saturated heterocycles. The van der Waals surface area contributed by atoms with Crippen molar-refractivity contribution in [3.8, 4) is 0 Å². The van der Waals surface area contributed by atoms with Gasteiger partial charge in [-0.15, -0.1) is 12.4 Å². The number of fused-ring (bicyclic) bond motifs is 1. The van der Waals surface area contributed by atoms with Crippen LogP contribution in [0.2, 0.25) is 0 Å². The number of aromatic amines is 1. The zero-order valence-electron chi connectivity index (χ0n) is 22.8. The average molecular weight is 631 g/mol. The maximum Gasteiger partial charge on any atom is 0.416 e. The summed E-state index contributed by atoms with van der Waals surface area (Å²) in [7, 11) is 0. The summed E-state index contributed by atoms with van der Waals surface area (Å²) in [5.74, 6) is -1.04. The number of alkyl halides is 6. The number of Topliss-reactive ketones (excluding diaryl/α,β-unsaturated/α-hetero) is 1. The predicted molar refractivity (Wildman–Crippen MR) is 148 cm³/mol. The summed E-state index contributed by atoms with van der Waals surface area (Å²) in [6.07, 6.45) is -7.59. The van der Waals surface area contributed by atoms with Crippen LogP contribution in [0, 0.1) is 0 Å². The van der Waals surface area contributed by atoms with E-state index in [1.54, 1.807) is 11.1 Å². The van der Waals surface area contributed by atoms with E-state index in [0.717, 1.165) is 16.5 Å². The Bertz CT molecular complexity index is 1460. The van der Waals surface area contributed by atoms with E-state index in [0.29, 0.717) is 25.2 Å².